The molecule has 13 heavy (non-hydrogen) atoms. The first-order valence-electron chi connectivity index (χ1n) is 4.00. The van der Waals surface area contributed by atoms with Crippen LogP contribution in [0, 0.1) is 17.0 Å². The Morgan fingerprint density at radius 1 is 1.69 bits per heavy atom. The van der Waals surface area contributed by atoms with Crippen LogP contribution in [-0.4, -0.2) is 16.5 Å². The number of nitrogens with one attached hydrogen (secondary N) is 1. The average Bonchev–Trinajstić information content (AvgIpc) is 2.08. The molecule has 1 N–H and O–H groups in total. The zero-order valence-corrected chi connectivity index (χ0v) is 7.57. The molecule has 1 aromatic rings. The molecule has 1 aromatic heterocycles. The monoisotopic (exact) mass is 181 g/mol. The van der Waals surface area contributed by atoms with Gasteiger partial charge in [0.25, 0.3) is 5.69 Å². The Balaban J connectivity index is 2.98. The van der Waals surface area contributed by atoms with Gasteiger partial charge in [0.1, 0.15) is 12.0 Å². The summed E-state index contributed by atoms with van der Waals surface area (Å²) in [6.07, 6.45) is 1.25. The normalized spacial score (nSPS) is 9.69. The first-order chi connectivity index (χ1) is 6.15. The minimum Gasteiger partial charge on any atom is -0.370 e. The topological polar surface area (TPSA) is 68.1 Å². The lowest BCUT2D eigenvalue weighted by Gasteiger charge is -2.04. The quantitative estimate of drug-likeness (QED) is 0.569. The predicted molar refractivity (Wildman–Crippen MR) is 49.8 cm³/mol. The summed E-state index contributed by atoms with van der Waals surface area (Å²) in [4.78, 5) is 13.9. The van der Waals surface area contributed by atoms with E-state index in [1.807, 2.05) is 6.92 Å². The standard InChI is InChI=1S/C8H11N3O2/c1-3-9-8-6(2)4-7(5-10-8)11(12)13/h4-5H,3H2,1-2H3,(H,9,10). The molecule has 0 spiro atoms. The fourth-order valence-corrected chi connectivity index (χ4v) is 1.01. The zero-order valence-electron chi connectivity index (χ0n) is 7.57. The smallest absolute Gasteiger partial charge is 0.287 e. The van der Waals surface area contributed by atoms with Crippen molar-refractivity contribution < 1.29 is 4.92 Å². The molecule has 0 saturated carbocycles. The number of anilines is 1. The van der Waals surface area contributed by atoms with Gasteiger partial charge in [0.15, 0.2) is 0 Å². The summed E-state index contributed by atoms with van der Waals surface area (Å²) in [7, 11) is 0. The van der Waals surface area contributed by atoms with Crippen LogP contribution in [0.1, 0.15) is 12.5 Å². The van der Waals surface area contributed by atoms with Crippen molar-refractivity contribution in [3.63, 3.8) is 0 Å². The van der Waals surface area contributed by atoms with E-state index in [1.165, 1.54) is 12.3 Å². The Morgan fingerprint density at radius 3 is 2.85 bits per heavy atom. The SMILES string of the molecule is CCNc1ncc([N+](=O)[O-])cc1C. The molecular formula is C8H11N3O2. The first-order valence-corrected chi connectivity index (χ1v) is 4.00. The van der Waals surface area contributed by atoms with E-state index in [0.29, 0.717) is 5.82 Å². The molecule has 0 atom stereocenters. The molecule has 0 bridgehead atoms. The second-order valence-corrected chi connectivity index (χ2v) is 2.65. The van der Waals surface area contributed by atoms with Crippen LogP contribution in [0.2, 0.25) is 0 Å². The van der Waals surface area contributed by atoms with E-state index in [0.717, 1.165) is 12.1 Å². The summed E-state index contributed by atoms with van der Waals surface area (Å²) in [6.45, 7) is 4.49. The third-order valence-corrected chi connectivity index (χ3v) is 1.62. The maximum absolute atomic E-state index is 10.4. The van der Waals surface area contributed by atoms with Crippen molar-refractivity contribution in [2.24, 2.45) is 0 Å². The molecule has 1 rings (SSSR count). The van der Waals surface area contributed by atoms with Crippen LogP contribution in [0.15, 0.2) is 12.3 Å². The van der Waals surface area contributed by atoms with Gasteiger partial charge in [-0.1, -0.05) is 0 Å². The highest BCUT2D eigenvalue weighted by Gasteiger charge is 2.08. The second-order valence-electron chi connectivity index (χ2n) is 2.65. The predicted octanol–water partition coefficient (Wildman–Crippen LogP) is 1.73. The van der Waals surface area contributed by atoms with Gasteiger partial charge < -0.3 is 5.32 Å². The van der Waals surface area contributed by atoms with Crippen LogP contribution in [0.4, 0.5) is 11.5 Å². The van der Waals surface area contributed by atoms with Gasteiger partial charge in [-0.3, -0.25) is 10.1 Å². The molecule has 5 heteroatoms. The minimum absolute atomic E-state index is 0.0270. The number of nitrogens with zero attached hydrogens (tertiary/aromatic N) is 2. The van der Waals surface area contributed by atoms with Gasteiger partial charge in [-0.15, -0.1) is 0 Å². The number of rotatable bonds is 3. The number of aromatic nitrogens is 1. The fraction of sp³-hybridized carbons (Fsp3) is 0.375. The molecule has 0 aliphatic carbocycles. The molecule has 0 fully saturated rings. The van der Waals surface area contributed by atoms with Crippen LogP contribution in [-0.2, 0) is 0 Å². The number of nitro groups is 1. The molecular weight excluding hydrogens is 170 g/mol. The number of hydrogen-bond acceptors (Lipinski definition) is 4. The van der Waals surface area contributed by atoms with E-state index in [1.54, 1.807) is 6.92 Å². The Bertz CT molecular complexity index is 325. The first kappa shape index (κ1) is 9.44. The van der Waals surface area contributed by atoms with E-state index in [4.69, 9.17) is 0 Å². The van der Waals surface area contributed by atoms with Gasteiger partial charge in [0, 0.05) is 12.6 Å². The van der Waals surface area contributed by atoms with E-state index < -0.39 is 4.92 Å². The Hall–Kier alpha value is -1.65. The summed E-state index contributed by atoms with van der Waals surface area (Å²) in [5.74, 6) is 0.702. The van der Waals surface area contributed by atoms with Crippen LogP contribution in [0.5, 0.6) is 0 Å². The molecule has 0 amide bonds. The maximum atomic E-state index is 10.4. The Labute approximate surface area is 75.9 Å². The average molecular weight is 181 g/mol. The molecule has 0 saturated heterocycles. The molecule has 0 aliphatic rings. The number of pyridine rings is 1. The fourth-order valence-electron chi connectivity index (χ4n) is 1.01. The minimum atomic E-state index is -0.449. The highest BCUT2D eigenvalue weighted by molar-refractivity contribution is 5.47. The lowest BCUT2D eigenvalue weighted by Crippen LogP contribution is -2.02. The van der Waals surface area contributed by atoms with Crippen molar-refractivity contribution >= 4 is 11.5 Å². The van der Waals surface area contributed by atoms with Crippen molar-refractivity contribution in [1.29, 1.82) is 0 Å². The highest BCUT2D eigenvalue weighted by Crippen LogP contribution is 2.17. The summed E-state index contributed by atoms with van der Waals surface area (Å²) in [5.41, 5.74) is 0.815. The Morgan fingerprint density at radius 2 is 2.38 bits per heavy atom. The molecule has 70 valence electrons. The van der Waals surface area contributed by atoms with Crippen LogP contribution in [0.3, 0.4) is 0 Å². The number of hydrogen-bond donors (Lipinski definition) is 1. The van der Waals surface area contributed by atoms with E-state index in [2.05, 4.69) is 10.3 Å². The molecule has 1 heterocycles. The zero-order chi connectivity index (χ0) is 9.84. The third kappa shape index (κ3) is 2.14. The largest absolute Gasteiger partial charge is 0.370 e. The van der Waals surface area contributed by atoms with Crippen LogP contribution < -0.4 is 5.32 Å². The molecule has 0 unspecified atom stereocenters. The van der Waals surface area contributed by atoms with E-state index in [-0.39, 0.29) is 5.69 Å². The van der Waals surface area contributed by atoms with E-state index >= 15 is 0 Å². The summed E-state index contributed by atoms with van der Waals surface area (Å²) in [5, 5.41) is 13.4. The molecule has 0 aliphatic heterocycles. The van der Waals surface area contributed by atoms with Crippen molar-refractivity contribution in [2.75, 3.05) is 11.9 Å². The van der Waals surface area contributed by atoms with E-state index in [9.17, 15) is 10.1 Å². The van der Waals surface area contributed by atoms with Gasteiger partial charge in [0.2, 0.25) is 0 Å². The van der Waals surface area contributed by atoms with Crippen LogP contribution >= 0.6 is 0 Å². The summed E-state index contributed by atoms with van der Waals surface area (Å²) in [6, 6.07) is 1.50. The lowest BCUT2D eigenvalue weighted by molar-refractivity contribution is -0.385. The van der Waals surface area contributed by atoms with Crippen molar-refractivity contribution in [3.8, 4) is 0 Å². The highest BCUT2D eigenvalue weighted by atomic mass is 16.6. The second kappa shape index (κ2) is 3.84. The summed E-state index contributed by atoms with van der Waals surface area (Å²) >= 11 is 0. The summed E-state index contributed by atoms with van der Waals surface area (Å²) < 4.78 is 0. The third-order valence-electron chi connectivity index (χ3n) is 1.62. The van der Waals surface area contributed by atoms with Gasteiger partial charge in [-0.25, -0.2) is 4.98 Å². The maximum Gasteiger partial charge on any atom is 0.287 e. The van der Waals surface area contributed by atoms with Gasteiger partial charge in [-0.05, 0) is 19.4 Å². The van der Waals surface area contributed by atoms with Crippen molar-refractivity contribution in [2.45, 2.75) is 13.8 Å². The van der Waals surface area contributed by atoms with Crippen molar-refractivity contribution in [3.05, 3.63) is 27.9 Å². The van der Waals surface area contributed by atoms with Crippen LogP contribution in [0.25, 0.3) is 0 Å². The van der Waals surface area contributed by atoms with Gasteiger partial charge >= 0.3 is 0 Å². The Kier molecular flexibility index (Phi) is 2.79. The lowest BCUT2D eigenvalue weighted by atomic mass is 10.2. The molecule has 5 nitrogen and oxygen atoms in total. The van der Waals surface area contributed by atoms with Gasteiger partial charge in [0.05, 0.1) is 4.92 Å². The molecule has 0 aromatic carbocycles. The van der Waals surface area contributed by atoms with Crippen molar-refractivity contribution in [1.82, 2.24) is 4.98 Å². The molecule has 0 radical (unpaired) electrons. The number of aryl methyl sites for hydroxylation is 1. The van der Waals surface area contributed by atoms with Gasteiger partial charge in [-0.2, -0.15) is 0 Å².